The van der Waals surface area contributed by atoms with E-state index < -0.39 is 15.5 Å². The first kappa shape index (κ1) is 19.6. The van der Waals surface area contributed by atoms with Gasteiger partial charge in [-0.1, -0.05) is 41.7 Å². The molecule has 1 fully saturated rings. The molecule has 0 radical (unpaired) electrons. The summed E-state index contributed by atoms with van der Waals surface area (Å²) in [6, 6.07) is 0.0548. The van der Waals surface area contributed by atoms with Crippen LogP contribution in [-0.4, -0.2) is 58.6 Å². The second-order valence-electron chi connectivity index (χ2n) is 6.13. The van der Waals surface area contributed by atoms with Gasteiger partial charge in [0, 0.05) is 50.2 Å². The topological polar surface area (TPSA) is 49.9 Å². The third-order valence-corrected chi connectivity index (χ3v) is 4.90. The first-order valence-corrected chi connectivity index (χ1v) is 8.87. The van der Waals surface area contributed by atoms with Gasteiger partial charge in [-0.3, -0.25) is 9.59 Å². The number of carbonyl (C=O) groups excluding carboxylic acids is 2. The van der Waals surface area contributed by atoms with Gasteiger partial charge in [-0.05, 0) is 12.8 Å². The van der Waals surface area contributed by atoms with Crippen LogP contribution in [0.4, 0.5) is 0 Å². The van der Waals surface area contributed by atoms with E-state index in [-0.39, 0.29) is 11.9 Å². The van der Waals surface area contributed by atoms with E-state index in [2.05, 4.69) is 0 Å². The molecule has 2 heterocycles. The standard InChI is InChI=1S/C16H21Cl3N2O3/c1-10-12(14(22)16(17,18)19)7-20(2)8-13(10)15(23)21-6-4-5-11(21)9-24-3/h7-8,10-11H,4-6,9H2,1-3H3/t10-,11+/m1/s1. The molecule has 0 aromatic heterocycles. The van der Waals surface area contributed by atoms with Gasteiger partial charge in [0.2, 0.25) is 5.78 Å². The van der Waals surface area contributed by atoms with Crippen LogP contribution in [0, 0.1) is 5.92 Å². The van der Waals surface area contributed by atoms with Gasteiger partial charge in [-0.15, -0.1) is 0 Å². The van der Waals surface area contributed by atoms with Crippen LogP contribution in [0.1, 0.15) is 19.8 Å². The van der Waals surface area contributed by atoms with Crippen LogP contribution in [0.25, 0.3) is 0 Å². The summed E-state index contributed by atoms with van der Waals surface area (Å²) in [4.78, 5) is 28.8. The van der Waals surface area contributed by atoms with Crippen molar-refractivity contribution in [2.45, 2.75) is 29.6 Å². The van der Waals surface area contributed by atoms with Gasteiger partial charge < -0.3 is 14.5 Å². The summed E-state index contributed by atoms with van der Waals surface area (Å²) >= 11 is 17.2. The highest BCUT2D eigenvalue weighted by Crippen LogP contribution is 2.37. The molecule has 5 nitrogen and oxygen atoms in total. The number of carbonyl (C=O) groups is 2. The molecular weight excluding hydrogens is 375 g/mol. The average molecular weight is 396 g/mol. The van der Waals surface area contributed by atoms with Crippen molar-refractivity contribution in [2.75, 3.05) is 27.3 Å². The minimum absolute atomic E-state index is 0.0548. The van der Waals surface area contributed by atoms with Crippen molar-refractivity contribution >= 4 is 46.5 Å². The Kier molecular flexibility index (Phi) is 6.24. The zero-order valence-electron chi connectivity index (χ0n) is 13.9. The molecule has 0 aromatic rings. The Hall–Kier alpha value is -0.750. The van der Waals surface area contributed by atoms with Crippen molar-refractivity contribution < 1.29 is 14.3 Å². The van der Waals surface area contributed by atoms with Crippen LogP contribution in [-0.2, 0) is 14.3 Å². The second-order valence-corrected chi connectivity index (χ2v) is 8.41. The first-order valence-electron chi connectivity index (χ1n) is 7.73. The monoisotopic (exact) mass is 394 g/mol. The molecule has 0 aliphatic carbocycles. The normalized spacial score (nSPS) is 24.8. The summed E-state index contributed by atoms with van der Waals surface area (Å²) in [5, 5.41) is 0. The number of halogens is 3. The smallest absolute Gasteiger partial charge is 0.253 e. The predicted molar refractivity (Wildman–Crippen MR) is 95.0 cm³/mol. The van der Waals surface area contributed by atoms with E-state index >= 15 is 0 Å². The molecule has 2 rings (SSSR count). The minimum atomic E-state index is -2.04. The molecule has 2 aliphatic heterocycles. The molecule has 0 aromatic carbocycles. The summed E-state index contributed by atoms with van der Waals surface area (Å²) in [6.07, 6.45) is 5.17. The summed E-state index contributed by atoms with van der Waals surface area (Å²) in [6.45, 7) is 2.95. The lowest BCUT2D eigenvalue weighted by molar-refractivity contribution is -0.129. The van der Waals surface area contributed by atoms with E-state index in [9.17, 15) is 9.59 Å². The lowest BCUT2D eigenvalue weighted by atomic mass is 9.88. The van der Waals surface area contributed by atoms with Crippen molar-refractivity contribution in [3.63, 3.8) is 0 Å². The number of rotatable bonds is 4. The number of hydrogen-bond donors (Lipinski definition) is 0. The van der Waals surface area contributed by atoms with E-state index in [1.807, 2.05) is 4.90 Å². The zero-order chi connectivity index (χ0) is 18.1. The van der Waals surface area contributed by atoms with E-state index in [1.165, 1.54) is 0 Å². The first-order chi connectivity index (χ1) is 11.2. The molecular formula is C16H21Cl3N2O3. The maximum absolute atomic E-state index is 13.0. The molecule has 8 heteroatoms. The number of ketones is 1. The summed E-state index contributed by atoms with van der Waals surface area (Å²) < 4.78 is 3.16. The third kappa shape index (κ3) is 4.07. The van der Waals surface area contributed by atoms with Crippen LogP contribution in [0.5, 0.6) is 0 Å². The van der Waals surface area contributed by atoms with Crippen molar-refractivity contribution in [1.82, 2.24) is 9.80 Å². The Bertz CT molecular complexity index is 584. The van der Waals surface area contributed by atoms with E-state index in [4.69, 9.17) is 39.5 Å². The molecule has 0 spiro atoms. The largest absolute Gasteiger partial charge is 0.383 e. The van der Waals surface area contributed by atoms with Crippen LogP contribution >= 0.6 is 34.8 Å². The minimum Gasteiger partial charge on any atom is -0.383 e. The van der Waals surface area contributed by atoms with Gasteiger partial charge in [0.1, 0.15) is 0 Å². The molecule has 0 bridgehead atoms. The number of hydrogen-bond acceptors (Lipinski definition) is 4. The third-order valence-electron chi connectivity index (χ3n) is 4.38. The van der Waals surface area contributed by atoms with Crippen LogP contribution in [0.15, 0.2) is 23.5 Å². The molecule has 0 N–H and O–H groups in total. The lowest BCUT2D eigenvalue weighted by Crippen LogP contribution is -2.42. The predicted octanol–water partition coefficient (Wildman–Crippen LogP) is 2.91. The van der Waals surface area contributed by atoms with Crippen molar-refractivity contribution in [3.05, 3.63) is 23.5 Å². The van der Waals surface area contributed by atoms with Gasteiger partial charge in [0.05, 0.1) is 12.6 Å². The molecule has 1 amide bonds. The molecule has 0 unspecified atom stereocenters. The highest BCUT2D eigenvalue weighted by Gasteiger charge is 2.40. The number of ether oxygens (including phenoxy) is 1. The van der Waals surface area contributed by atoms with Gasteiger partial charge in [0.25, 0.3) is 9.70 Å². The molecule has 24 heavy (non-hydrogen) atoms. The Morgan fingerprint density at radius 1 is 1.29 bits per heavy atom. The quantitative estimate of drug-likeness (QED) is 0.687. The van der Waals surface area contributed by atoms with Gasteiger partial charge >= 0.3 is 0 Å². The fourth-order valence-electron chi connectivity index (χ4n) is 3.16. The van der Waals surface area contributed by atoms with E-state index in [1.54, 1.807) is 38.4 Å². The Labute approximate surface area is 157 Å². The highest BCUT2D eigenvalue weighted by molar-refractivity contribution is 6.77. The van der Waals surface area contributed by atoms with E-state index in [0.717, 1.165) is 12.8 Å². The molecule has 2 aliphatic rings. The fraction of sp³-hybridized carbons (Fsp3) is 0.625. The van der Waals surface area contributed by atoms with Gasteiger partial charge in [-0.2, -0.15) is 0 Å². The Morgan fingerprint density at radius 3 is 2.50 bits per heavy atom. The Balaban J connectivity index is 2.24. The van der Waals surface area contributed by atoms with Crippen LogP contribution < -0.4 is 0 Å². The Morgan fingerprint density at radius 2 is 1.92 bits per heavy atom. The lowest BCUT2D eigenvalue weighted by Gasteiger charge is -2.32. The van der Waals surface area contributed by atoms with Crippen molar-refractivity contribution in [3.8, 4) is 0 Å². The van der Waals surface area contributed by atoms with Gasteiger partial charge in [0.15, 0.2) is 0 Å². The summed E-state index contributed by atoms with van der Waals surface area (Å²) in [7, 11) is 3.36. The molecule has 1 saturated heterocycles. The van der Waals surface area contributed by atoms with Crippen LogP contribution in [0.3, 0.4) is 0 Å². The van der Waals surface area contributed by atoms with Crippen molar-refractivity contribution in [1.29, 1.82) is 0 Å². The maximum atomic E-state index is 13.0. The number of likely N-dealkylation sites (tertiary alicyclic amines) is 1. The second kappa shape index (κ2) is 7.65. The maximum Gasteiger partial charge on any atom is 0.253 e. The number of allylic oxidation sites excluding steroid dienone is 1. The number of nitrogens with zero attached hydrogens (tertiary/aromatic N) is 2. The van der Waals surface area contributed by atoms with Crippen molar-refractivity contribution in [2.24, 2.45) is 5.92 Å². The number of Topliss-reactive ketones (excluding diaryl/α,β-unsaturated/α-hetero) is 1. The summed E-state index contributed by atoms with van der Waals surface area (Å²) in [5.74, 6) is -1.16. The zero-order valence-corrected chi connectivity index (χ0v) is 16.2. The molecule has 0 saturated carbocycles. The van der Waals surface area contributed by atoms with E-state index in [0.29, 0.717) is 24.3 Å². The highest BCUT2D eigenvalue weighted by atomic mass is 35.6. The average Bonchev–Trinajstić information content (AvgIpc) is 2.95. The van der Waals surface area contributed by atoms with Gasteiger partial charge in [-0.25, -0.2) is 0 Å². The summed E-state index contributed by atoms with van der Waals surface area (Å²) in [5.41, 5.74) is 0.825. The number of methoxy groups -OCH3 is 1. The number of alkyl halides is 3. The SMILES string of the molecule is COC[C@@H]1CCCN1C(=O)C1=CN(C)C=C(C(=O)C(Cl)(Cl)Cl)[C@H]1C. The van der Waals surface area contributed by atoms with Crippen LogP contribution in [0.2, 0.25) is 0 Å². The number of amides is 1. The molecule has 2 atom stereocenters. The molecule has 134 valence electrons. The fourth-order valence-corrected chi connectivity index (χ4v) is 3.49.